The minimum atomic E-state index is -0.539. The van der Waals surface area contributed by atoms with Crippen LogP contribution in [-0.4, -0.2) is 30.8 Å². The summed E-state index contributed by atoms with van der Waals surface area (Å²) in [5, 5.41) is 0. The molecule has 0 bridgehead atoms. The maximum Gasteiger partial charge on any atom is 0.343 e. The number of carbonyl (C=O) groups is 4. The Kier molecular flexibility index (Phi) is 12.8. The highest BCUT2D eigenvalue weighted by molar-refractivity contribution is 5.98. The number of ketones is 1. The first kappa shape index (κ1) is 42.8. The molecule has 0 saturated heterocycles. The SMILES string of the molecule is COc1c(C)cc(Cc2cc(C)c(OC(=O)c3ccc(C(=O)Oc4c(C)cc(Cc5cc(C)c(OC(=O)c6cccc(C(C)=O)c6)c(C)c5)cc4C)cc3)c(C)c2)cc1C. The Morgan fingerprint density at radius 2 is 0.667 bits per heavy atom. The van der Waals surface area contributed by atoms with Gasteiger partial charge in [0.15, 0.2) is 5.78 Å². The van der Waals surface area contributed by atoms with Crippen molar-refractivity contribution in [1.82, 2.24) is 0 Å². The molecule has 0 aliphatic carbocycles. The van der Waals surface area contributed by atoms with Crippen molar-refractivity contribution >= 4 is 23.7 Å². The van der Waals surface area contributed by atoms with Crippen molar-refractivity contribution in [3.05, 3.63) is 186 Å². The molecule has 8 nitrogen and oxygen atoms in total. The van der Waals surface area contributed by atoms with E-state index in [1.807, 2.05) is 91.8 Å². The highest BCUT2D eigenvalue weighted by Crippen LogP contribution is 2.32. The molecule has 0 amide bonds. The van der Waals surface area contributed by atoms with Crippen LogP contribution in [0.1, 0.15) is 115 Å². The van der Waals surface area contributed by atoms with E-state index in [2.05, 4.69) is 12.1 Å². The molecule has 0 spiro atoms. The van der Waals surface area contributed by atoms with Crippen LogP contribution >= 0.6 is 0 Å². The molecule has 60 heavy (non-hydrogen) atoms. The molecule has 0 heterocycles. The molecule has 6 aromatic rings. The van der Waals surface area contributed by atoms with Crippen LogP contribution in [0.5, 0.6) is 23.0 Å². The van der Waals surface area contributed by atoms with Crippen LogP contribution in [0.4, 0.5) is 0 Å². The van der Waals surface area contributed by atoms with Crippen molar-refractivity contribution in [2.45, 2.75) is 75.2 Å². The molecule has 6 aromatic carbocycles. The van der Waals surface area contributed by atoms with Gasteiger partial charge in [-0.3, -0.25) is 4.79 Å². The third-order valence-corrected chi connectivity index (χ3v) is 10.5. The van der Waals surface area contributed by atoms with E-state index in [-0.39, 0.29) is 5.78 Å². The Hall–Kier alpha value is -6.80. The van der Waals surface area contributed by atoms with Gasteiger partial charge >= 0.3 is 17.9 Å². The van der Waals surface area contributed by atoms with Gasteiger partial charge in [0.2, 0.25) is 0 Å². The summed E-state index contributed by atoms with van der Waals surface area (Å²) in [4.78, 5) is 51.3. The fourth-order valence-electron chi connectivity index (χ4n) is 7.91. The van der Waals surface area contributed by atoms with Crippen LogP contribution < -0.4 is 18.9 Å². The number of carbonyl (C=O) groups excluding carboxylic acids is 4. The minimum absolute atomic E-state index is 0.125. The number of hydrogen-bond acceptors (Lipinski definition) is 8. The summed E-state index contributed by atoms with van der Waals surface area (Å²) in [7, 11) is 1.69. The fourth-order valence-corrected chi connectivity index (χ4v) is 7.91. The van der Waals surface area contributed by atoms with E-state index in [1.54, 1.807) is 55.6 Å². The van der Waals surface area contributed by atoms with E-state index in [9.17, 15) is 19.2 Å². The second-order valence-electron chi connectivity index (χ2n) is 15.7. The average molecular weight is 803 g/mol. The van der Waals surface area contributed by atoms with Gasteiger partial charge in [-0.15, -0.1) is 0 Å². The Labute approximate surface area is 352 Å². The van der Waals surface area contributed by atoms with Gasteiger partial charge in [0.25, 0.3) is 0 Å². The van der Waals surface area contributed by atoms with Gasteiger partial charge < -0.3 is 18.9 Å². The molecule has 0 radical (unpaired) electrons. The molecule has 0 aromatic heterocycles. The number of Topliss-reactive ketones (excluding diaryl/α,β-unsaturated/α-hetero) is 1. The summed E-state index contributed by atoms with van der Waals surface area (Å²) >= 11 is 0. The maximum atomic E-state index is 13.3. The number of ether oxygens (including phenoxy) is 4. The van der Waals surface area contributed by atoms with Crippen LogP contribution in [0.25, 0.3) is 0 Å². The normalized spacial score (nSPS) is 10.9. The number of rotatable bonds is 12. The molecular weight excluding hydrogens is 753 g/mol. The summed E-state index contributed by atoms with van der Waals surface area (Å²) in [6.07, 6.45) is 1.34. The molecule has 0 fully saturated rings. The van der Waals surface area contributed by atoms with Crippen LogP contribution in [0.3, 0.4) is 0 Å². The lowest BCUT2D eigenvalue weighted by atomic mass is 9.97. The highest BCUT2D eigenvalue weighted by atomic mass is 16.5. The zero-order chi connectivity index (χ0) is 43.4. The van der Waals surface area contributed by atoms with Gasteiger partial charge in [-0.05, 0) is 178 Å². The summed E-state index contributed by atoms with van der Waals surface area (Å²) in [6.45, 7) is 17.0. The molecule has 0 atom stereocenters. The first-order chi connectivity index (χ1) is 28.5. The summed E-state index contributed by atoms with van der Waals surface area (Å²) in [5.74, 6) is 0.665. The molecule has 306 valence electrons. The Bertz CT molecular complexity index is 2570. The lowest BCUT2D eigenvalue weighted by molar-refractivity contribution is 0.0718. The molecule has 0 saturated carbocycles. The van der Waals surface area contributed by atoms with Crippen molar-refractivity contribution in [1.29, 1.82) is 0 Å². The maximum absolute atomic E-state index is 13.3. The van der Waals surface area contributed by atoms with Crippen LogP contribution in [0.2, 0.25) is 0 Å². The zero-order valence-corrected chi connectivity index (χ0v) is 35.9. The summed E-state index contributed by atoms with van der Waals surface area (Å²) < 4.78 is 23.1. The van der Waals surface area contributed by atoms with Gasteiger partial charge in [-0.1, -0.05) is 60.7 Å². The first-order valence-electron chi connectivity index (χ1n) is 19.8. The van der Waals surface area contributed by atoms with Gasteiger partial charge in [0.05, 0.1) is 23.8 Å². The summed E-state index contributed by atoms with van der Waals surface area (Å²) in [5.41, 5.74) is 12.8. The van der Waals surface area contributed by atoms with E-state index >= 15 is 0 Å². The van der Waals surface area contributed by atoms with E-state index < -0.39 is 17.9 Å². The van der Waals surface area contributed by atoms with Crippen molar-refractivity contribution in [2.24, 2.45) is 0 Å². The third-order valence-electron chi connectivity index (χ3n) is 10.5. The molecular formula is C52H50O8. The van der Waals surface area contributed by atoms with Gasteiger partial charge in [-0.2, -0.15) is 0 Å². The van der Waals surface area contributed by atoms with Gasteiger partial charge in [-0.25, -0.2) is 14.4 Å². The minimum Gasteiger partial charge on any atom is -0.496 e. The van der Waals surface area contributed by atoms with Crippen LogP contribution in [0.15, 0.2) is 97.1 Å². The second-order valence-corrected chi connectivity index (χ2v) is 15.7. The number of hydrogen-bond donors (Lipinski definition) is 0. The predicted molar refractivity (Wildman–Crippen MR) is 234 cm³/mol. The zero-order valence-electron chi connectivity index (χ0n) is 35.9. The van der Waals surface area contributed by atoms with Crippen molar-refractivity contribution in [3.8, 4) is 23.0 Å². The first-order valence-corrected chi connectivity index (χ1v) is 19.8. The molecule has 0 aliphatic rings. The lowest BCUT2D eigenvalue weighted by Gasteiger charge is -2.15. The predicted octanol–water partition coefficient (Wildman–Crippen LogP) is 11.2. The van der Waals surface area contributed by atoms with E-state index in [0.717, 1.165) is 73.4 Å². The summed E-state index contributed by atoms with van der Waals surface area (Å²) in [6, 6.07) is 29.1. The topological polar surface area (TPSA) is 105 Å². The van der Waals surface area contributed by atoms with E-state index in [4.69, 9.17) is 18.9 Å². The molecule has 6 rings (SSSR count). The fraction of sp³-hybridized carbons (Fsp3) is 0.231. The third kappa shape index (κ3) is 9.72. The molecule has 0 N–H and O–H groups in total. The van der Waals surface area contributed by atoms with Gasteiger partial charge in [0, 0.05) is 5.56 Å². The quantitative estimate of drug-likeness (QED) is 0.0684. The number of methoxy groups -OCH3 is 1. The standard InChI is InChI=1S/C52H50O8/c1-29-18-38(19-30(2)46(29)57-10)26-39-20-31(3)47(32(4)21-39)58-50(54)42-14-16-43(17-15-42)51(55)59-48-33(5)22-40(23-34(48)6)27-41-24-35(7)49(36(8)25-41)60-52(56)45-13-11-12-44(28-45)37(9)53/h11-25,28H,26-27H2,1-10H3. The Morgan fingerprint density at radius 1 is 0.383 bits per heavy atom. The lowest BCUT2D eigenvalue weighted by Crippen LogP contribution is -2.13. The number of benzene rings is 6. The Balaban J connectivity index is 1.08. The van der Waals surface area contributed by atoms with Crippen LogP contribution in [0, 0.1) is 55.4 Å². The van der Waals surface area contributed by atoms with Crippen molar-refractivity contribution in [2.75, 3.05) is 7.11 Å². The largest absolute Gasteiger partial charge is 0.496 e. The van der Waals surface area contributed by atoms with Gasteiger partial charge in [0.1, 0.15) is 23.0 Å². The second kappa shape index (κ2) is 18.0. The smallest absolute Gasteiger partial charge is 0.343 e. The number of aryl methyl sites for hydroxylation is 8. The van der Waals surface area contributed by atoms with Crippen molar-refractivity contribution < 1.29 is 38.1 Å². The molecule has 8 heteroatoms. The van der Waals surface area contributed by atoms with Crippen LogP contribution in [-0.2, 0) is 12.8 Å². The van der Waals surface area contributed by atoms with Crippen molar-refractivity contribution in [3.63, 3.8) is 0 Å². The molecule has 0 aliphatic heterocycles. The average Bonchev–Trinajstić information content (AvgIpc) is 3.19. The number of esters is 3. The van der Waals surface area contributed by atoms with E-state index in [1.165, 1.54) is 12.5 Å². The molecule has 0 unspecified atom stereocenters. The Morgan fingerprint density at radius 3 is 0.967 bits per heavy atom. The highest BCUT2D eigenvalue weighted by Gasteiger charge is 2.19. The monoisotopic (exact) mass is 802 g/mol. The van der Waals surface area contributed by atoms with E-state index in [0.29, 0.717) is 45.9 Å².